The lowest BCUT2D eigenvalue weighted by atomic mass is 9.63. The Hall–Kier alpha value is -1.97. The summed E-state index contributed by atoms with van der Waals surface area (Å²) in [5, 5.41) is 0.0654. The molecule has 4 rings (SSSR count). The van der Waals surface area contributed by atoms with E-state index in [2.05, 4.69) is 13.5 Å². The maximum Gasteiger partial charge on any atom is 0.201 e. The van der Waals surface area contributed by atoms with Crippen molar-refractivity contribution in [3.8, 4) is 5.75 Å². The minimum atomic E-state index is -1.17. The van der Waals surface area contributed by atoms with Crippen molar-refractivity contribution in [1.82, 2.24) is 0 Å². The molecule has 0 saturated heterocycles. The molecule has 2 aromatic rings. The van der Waals surface area contributed by atoms with Crippen LogP contribution in [0.25, 0.3) is 10.8 Å². The van der Waals surface area contributed by atoms with Crippen molar-refractivity contribution in [1.29, 1.82) is 0 Å². The van der Waals surface area contributed by atoms with Crippen LogP contribution in [0.2, 0.25) is 0 Å². The van der Waals surface area contributed by atoms with Crippen LogP contribution < -0.4 is 4.74 Å². The molecule has 0 aromatic heterocycles. The monoisotopic (exact) mass is 430 g/mol. The summed E-state index contributed by atoms with van der Waals surface area (Å²) in [6.07, 6.45) is 12.2. The molecule has 4 atom stereocenters. The normalized spacial score (nSPS) is 25.9. The number of fused-ring (bicyclic) bond motifs is 2. The Morgan fingerprint density at radius 1 is 1.00 bits per heavy atom. The van der Waals surface area contributed by atoms with Crippen LogP contribution in [0, 0.1) is 35.2 Å². The number of hydrogen-bond acceptors (Lipinski definition) is 1. The van der Waals surface area contributed by atoms with Gasteiger partial charge in [0.1, 0.15) is 12.4 Å². The van der Waals surface area contributed by atoms with Gasteiger partial charge < -0.3 is 4.74 Å². The lowest BCUT2D eigenvalue weighted by Crippen LogP contribution is -2.30. The summed E-state index contributed by atoms with van der Waals surface area (Å²) in [4.78, 5) is 0. The molecule has 2 fully saturated rings. The molecule has 2 saturated carbocycles. The quantitative estimate of drug-likeness (QED) is 0.401. The fourth-order valence-electron chi connectivity index (χ4n) is 5.97. The number of ether oxygens (including phenoxy) is 1. The molecule has 0 amide bonds. The van der Waals surface area contributed by atoms with Gasteiger partial charge >= 0.3 is 0 Å². The smallest absolute Gasteiger partial charge is 0.201 e. The summed E-state index contributed by atoms with van der Waals surface area (Å²) in [5.74, 6) is -0.819. The molecule has 1 nitrogen and oxygen atoms in total. The van der Waals surface area contributed by atoms with E-state index in [1.165, 1.54) is 50.7 Å². The molecule has 0 bridgehead atoms. The minimum absolute atomic E-state index is 0.0619. The largest absolute Gasteiger partial charge is 0.486 e. The Labute approximate surface area is 183 Å². The van der Waals surface area contributed by atoms with E-state index in [9.17, 15) is 8.78 Å². The zero-order chi connectivity index (χ0) is 22.0. The summed E-state index contributed by atoms with van der Waals surface area (Å²) in [6.45, 7) is 5.82. The average molecular weight is 431 g/mol. The SMILES string of the molecule is C=CCOc1cc2ccc([C@@H]3CC[C@@H]4CC(CCCC)CCC4C3)c(F)c2c(F)c1F. The highest BCUT2D eigenvalue weighted by Crippen LogP contribution is 2.49. The van der Waals surface area contributed by atoms with Crippen LogP contribution in [0.4, 0.5) is 13.2 Å². The van der Waals surface area contributed by atoms with E-state index in [-0.39, 0.29) is 23.7 Å². The van der Waals surface area contributed by atoms with Gasteiger partial charge in [0.2, 0.25) is 5.82 Å². The van der Waals surface area contributed by atoms with Crippen molar-refractivity contribution in [2.24, 2.45) is 17.8 Å². The van der Waals surface area contributed by atoms with Gasteiger partial charge in [0.15, 0.2) is 11.6 Å². The fraction of sp³-hybridized carbons (Fsp3) is 0.556. The Bertz CT molecular complexity index is 938. The van der Waals surface area contributed by atoms with Gasteiger partial charge in [-0.25, -0.2) is 8.78 Å². The topological polar surface area (TPSA) is 9.23 Å². The Morgan fingerprint density at radius 3 is 2.55 bits per heavy atom. The van der Waals surface area contributed by atoms with Crippen LogP contribution in [0.5, 0.6) is 5.75 Å². The molecule has 0 spiro atoms. The van der Waals surface area contributed by atoms with E-state index < -0.39 is 17.5 Å². The average Bonchev–Trinajstić information content (AvgIpc) is 2.78. The van der Waals surface area contributed by atoms with E-state index in [0.29, 0.717) is 16.9 Å². The van der Waals surface area contributed by atoms with E-state index in [0.717, 1.165) is 31.1 Å². The first-order chi connectivity index (χ1) is 15.0. The summed E-state index contributed by atoms with van der Waals surface area (Å²) < 4.78 is 49.9. The van der Waals surface area contributed by atoms with Crippen LogP contribution in [0.3, 0.4) is 0 Å². The summed E-state index contributed by atoms with van der Waals surface area (Å²) in [7, 11) is 0. The molecule has 0 heterocycles. The molecule has 2 aromatic carbocycles. The fourth-order valence-corrected chi connectivity index (χ4v) is 5.97. The summed E-state index contributed by atoms with van der Waals surface area (Å²) >= 11 is 0. The van der Waals surface area contributed by atoms with Crippen molar-refractivity contribution < 1.29 is 17.9 Å². The Morgan fingerprint density at radius 2 is 1.77 bits per heavy atom. The zero-order valence-electron chi connectivity index (χ0n) is 18.4. The molecule has 4 heteroatoms. The molecule has 2 aliphatic rings. The molecular weight excluding hydrogens is 397 g/mol. The van der Waals surface area contributed by atoms with Gasteiger partial charge in [-0.2, -0.15) is 4.39 Å². The highest BCUT2D eigenvalue weighted by Gasteiger charge is 2.36. The van der Waals surface area contributed by atoms with Crippen molar-refractivity contribution >= 4 is 10.8 Å². The number of unbranched alkanes of at least 4 members (excludes halogenated alkanes) is 1. The number of halogens is 3. The second kappa shape index (κ2) is 9.67. The molecule has 31 heavy (non-hydrogen) atoms. The first-order valence-electron chi connectivity index (χ1n) is 11.9. The molecule has 0 aliphatic heterocycles. The minimum Gasteiger partial charge on any atom is -0.486 e. The maximum absolute atomic E-state index is 15.4. The molecule has 0 radical (unpaired) electrons. The van der Waals surface area contributed by atoms with E-state index >= 15 is 4.39 Å². The van der Waals surface area contributed by atoms with Crippen LogP contribution in [-0.2, 0) is 0 Å². The van der Waals surface area contributed by atoms with Crippen LogP contribution in [-0.4, -0.2) is 6.61 Å². The number of benzene rings is 2. The molecule has 2 unspecified atom stereocenters. The van der Waals surface area contributed by atoms with Crippen molar-refractivity contribution in [3.05, 3.63) is 53.9 Å². The zero-order valence-corrected chi connectivity index (χ0v) is 18.4. The van der Waals surface area contributed by atoms with E-state index in [1.807, 2.05) is 0 Å². The first kappa shape index (κ1) is 22.2. The first-order valence-corrected chi connectivity index (χ1v) is 11.9. The second-order valence-corrected chi connectivity index (χ2v) is 9.52. The van der Waals surface area contributed by atoms with Gasteiger partial charge in [-0.05, 0) is 72.8 Å². The van der Waals surface area contributed by atoms with Gasteiger partial charge in [0.05, 0.1) is 5.39 Å². The standard InChI is InChI=1S/C27H33F3O/c1-3-5-6-17-7-8-19-15-20(10-9-18(19)14-17)22-12-11-21-16-23(31-13-4-2)26(29)27(30)24(21)25(22)28/h4,11-12,16-20H,2-3,5-10,13-15H2,1H3/t17?,18-,19?,20-/m1/s1. The molecule has 168 valence electrons. The predicted molar refractivity (Wildman–Crippen MR) is 120 cm³/mol. The summed E-state index contributed by atoms with van der Waals surface area (Å²) in [5.41, 5.74) is 0.539. The van der Waals surface area contributed by atoms with Crippen molar-refractivity contribution in [2.45, 2.75) is 70.6 Å². The lowest BCUT2D eigenvalue weighted by Gasteiger charge is -2.42. The third-order valence-corrected chi connectivity index (χ3v) is 7.60. The van der Waals surface area contributed by atoms with Gasteiger partial charge in [0, 0.05) is 0 Å². The molecule has 2 aliphatic carbocycles. The number of rotatable bonds is 7. The van der Waals surface area contributed by atoms with Gasteiger partial charge in [-0.3, -0.25) is 0 Å². The Kier molecular flexibility index (Phi) is 6.93. The van der Waals surface area contributed by atoms with Gasteiger partial charge in [-0.1, -0.05) is 57.4 Å². The van der Waals surface area contributed by atoms with Gasteiger partial charge in [0.25, 0.3) is 0 Å². The van der Waals surface area contributed by atoms with Gasteiger partial charge in [-0.15, -0.1) is 0 Å². The highest BCUT2D eigenvalue weighted by molar-refractivity contribution is 5.86. The van der Waals surface area contributed by atoms with Crippen molar-refractivity contribution in [2.75, 3.05) is 6.61 Å². The van der Waals surface area contributed by atoms with E-state index in [4.69, 9.17) is 4.74 Å². The molecular formula is C27H33F3O. The second-order valence-electron chi connectivity index (χ2n) is 9.52. The lowest BCUT2D eigenvalue weighted by molar-refractivity contribution is 0.113. The molecule has 0 N–H and O–H groups in total. The Balaban J connectivity index is 1.55. The maximum atomic E-state index is 15.4. The number of hydrogen-bond donors (Lipinski definition) is 0. The highest BCUT2D eigenvalue weighted by atomic mass is 19.2. The van der Waals surface area contributed by atoms with Crippen LogP contribution >= 0.6 is 0 Å². The van der Waals surface area contributed by atoms with E-state index in [1.54, 1.807) is 12.1 Å². The van der Waals surface area contributed by atoms with Crippen LogP contribution in [0.1, 0.15) is 76.2 Å². The third-order valence-electron chi connectivity index (χ3n) is 7.60. The third kappa shape index (κ3) is 4.49. The van der Waals surface area contributed by atoms with Crippen LogP contribution in [0.15, 0.2) is 30.9 Å². The van der Waals surface area contributed by atoms with Crippen molar-refractivity contribution in [3.63, 3.8) is 0 Å². The predicted octanol–water partition coefficient (Wildman–Crippen LogP) is 8.31. The summed E-state index contributed by atoms with van der Waals surface area (Å²) in [6, 6.07) is 4.84.